The van der Waals surface area contributed by atoms with E-state index in [4.69, 9.17) is 10.5 Å². The molecule has 6 nitrogen and oxygen atoms in total. The number of rotatable bonds is 6. The molecule has 133 valence electrons. The predicted octanol–water partition coefficient (Wildman–Crippen LogP) is 0.938. The summed E-state index contributed by atoms with van der Waals surface area (Å²) in [6.07, 6.45) is 2.14. The van der Waals surface area contributed by atoms with Gasteiger partial charge in [-0.3, -0.25) is 14.4 Å². The summed E-state index contributed by atoms with van der Waals surface area (Å²) in [6.45, 7) is 0.174. The van der Waals surface area contributed by atoms with Crippen LogP contribution in [0.2, 0.25) is 0 Å². The van der Waals surface area contributed by atoms with Gasteiger partial charge in [-0.25, -0.2) is 0 Å². The second-order valence-corrected chi connectivity index (χ2v) is 7.22. The van der Waals surface area contributed by atoms with Crippen LogP contribution < -0.4 is 5.73 Å². The number of nitrogens with two attached hydrogens (primary N) is 1. The lowest BCUT2D eigenvalue weighted by Crippen LogP contribution is -2.69. The van der Waals surface area contributed by atoms with Gasteiger partial charge < -0.3 is 15.4 Å². The van der Waals surface area contributed by atoms with Crippen LogP contribution in [-0.2, 0) is 24.9 Å². The Morgan fingerprint density at radius 2 is 2.12 bits per heavy atom. The maximum atomic E-state index is 12.6. The highest BCUT2D eigenvalue weighted by Gasteiger charge is 2.62. The van der Waals surface area contributed by atoms with Gasteiger partial charge in [0.2, 0.25) is 11.4 Å². The van der Waals surface area contributed by atoms with Crippen LogP contribution in [0.15, 0.2) is 30.3 Å². The average Bonchev–Trinajstić information content (AvgIpc) is 2.97. The number of amides is 2. The van der Waals surface area contributed by atoms with Crippen molar-refractivity contribution in [1.29, 1.82) is 0 Å². The predicted molar refractivity (Wildman–Crippen MR) is 94.5 cm³/mol. The second kappa shape index (κ2) is 7.58. The van der Waals surface area contributed by atoms with Crippen LogP contribution in [0.4, 0.5) is 0 Å². The second-order valence-electron chi connectivity index (χ2n) is 6.19. The number of ketones is 1. The lowest BCUT2D eigenvalue weighted by atomic mass is 9.81. The molecule has 2 N–H and O–H groups in total. The Hall–Kier alpha value is -1.86. The summed E-state index contributed by atoms with van der Waals surface area (Å²) in [5, 5.41) is 0. The number of nitrogens with zero attached hydrogens (tertiary/aromatic N) is 1. The Morgan fingerprint density at radius 3 is 2.84 bits per heavy atom. The van der Waals surface area contributed by atoms with E-state index < -0.39 is 23.3 Å². The molecule has 7 heteroatoms. The molecule has 0 aromatic heterocycles. The van der Waals surface area contributed by atoms with Gasteiger partial charge in [0.15, 0.2) is 5.78 Å². The number of benzene rings is 1. The lowest BCUT2D eigenvalue weighted by Gasteiger charge is -2.43. The van der Waals surface area contributed by atoms with Crippen molar-refractivity contribution in [3.8, 4) is 0 Å². The Bertz CT molecular complexity index is 666. The van der Waals surface area contributed by atoms with Crippen LogP contribution in [0.5, 0.6) is 0 Å². The van der Waals surface area contributed by atoms with Crippen molar-refractivity contribution in [3.05, 3.63) is 42.3 Å². The topological polar surface area (TPSA) is 89.7 Å². The fraction of sp³-hybridized carbons (Fsp3) is 0.444. The van der Waals surface area contributed by atoms with Crippen LogP contribution in [-0.4, -0.2) is 53.0 Å². The van der Waals surface area contributed by atoms with E-state index in [-0.39, 0.29) is 12.5 Å². The monoisotopic (exact) mass is 361 g/mol. The molecule has 1 radical (unpaired) electrons. The molecular formula is C18H21N2O4S. The molecule has 2 heterocycles. The van der Waals surface area contributed by atoms with Crippen LogP contribution >= 0.6 is 11.8 Å². The number of Topliss-reactive ketones (excluding diaryl/α,β-unsaturated/α-hetero) is 1. The molecule has 25 heavy (non-hydrogen) atoms. The van der Waals surface area contributed by atoms with Gasteiger partial charge >= 0.3 is 0 Å². The zero-order valence-electron chi connectivity index (χ0n) is 13.8. The third kappa shape index (κ3) is 3.30. The first-order valence-corrected chi connectivity index (χ1v) is 9.43. The zero-order valence-corrected chi connectivity index (χ0v) is 14.7. The van der Waals surface area contributed by atoms with Crippen molar-refractivity contribution in [1.82, 2.24) is 4.90 Å². The van der Waals surface area contributed by atoms with Crippen LogP contribution in [0.1, 0.15) is 18.4 Å². The first-order valence-electron chi connectivity index (χ1n) is 8.28. The fourth-order valence-corrected chi connectivity index (χ4v) is 4.33. The minimum absolute atomic E-state index is 0.167. The largest absolute Gasteiger partial charge is 0.367 e. The van der Waals surface area contributed by atoms with Gasteiger partial charge in [0.1, 0.15) is 6.61 Å². The fourth-order valence-electron chi connectivity index (χ4n) is 3.52. The van der Waals surface area contributed by atoms with Gasteiger partial charge in [0, 0.05) is 18.1 Å². The van der Waals surface area contributed by atoms with E-state index in [9.17, 15) is 14.4 Å². The standard InChI is InChI=1S/C18H21N2O4S/c19-17(23)18-14(21)11-24-15(18)7-4-9-20(18)16(22)8-10-25-12-13-5-2-1-3-6-13/h1-3,5-6,8,15H,4,7,9-12H2,(H2,19,23). The maximum Gasteiger partial charge on any atom is 0.254 e. The molecule has 2 amide bonds. The van der Waals surface area contributed by atoms with E-state index in [2.05, 4.69) is 0 Å². The molecule has 0 aliphatic carbocycles. The Labute approximate surface area is 151 Å². The molecule has 2 aliphatic rings. The van der Waals surface area contributed by atoms with Crippen molar-refractivity contribution in [3.63, 3.8) is 0 Å². The Kier molecular flexibility index (Phi) is 5.44. The number of fused-ring (bicyclic) bond motifs is 1. The van der Waals surface area contributed by atoms with Gasteiger partial charge in [-0.1, -0.05) is 30.3 Å². The number of thioether (sulfide) groups is 1. The number of hydrogen-bond acceptors (Lipinski definition) is 5. The normalized spacial score (nSPS) is 25.7. The van der Waals surface area contributed by atoms with E-state index in [1.165, 1.54) is 16.9 Å². The van der Waals surface area contributed by atoms with Gasteiger partial charge in [-0.2, -0.15) is 11.8 Å². The van der Waals surface area contributed by atoms with Crippen LogP contribution in [0.25, 0.3) is 0 Å². The molecule has 2 aliphatic heterocycles. The molecule has 0 bridgehead atoms. The highest BCUT2D eigenvalue weighted by molar-refractivity contribution is 7.98. The molecular weight excluding hydrogens is 340 g/mol. The van der Waals surface area contributed by atoms with Crippen molar-refractivity contribution in [2.24, 2.45) is 5.73 Å². The molecule has 1 aromatic rings. The highest BCUT2D eigenvalue weighted by atomic mass is 32.2. The molecule has 2 unspecified atom stereocenters. The SMILES string of the molecule is NC(=O)C12C(=O)COC1CCCN2C(=O)[CH]CSCc1ccccc1. The third-order valence-electron chi connectivity index (χ3n) is 4.71. The first kappa shape index (κ1) is 17.9. The van der Waals surface area contributed by atoms with Crippen molar-refractivity contribution < 1.29 is 19.1 Å². The summed E-state index contributed by atoms with van der Waals surface area (Å²) in [4.78, 5) is 38.4. The summed E-state index contributed by atoms with van der Waals surface area (Å²) in [5.41, 5.74) is 5.09. The molecule has 2 saturated heterocycles. The number of ether oxygens (including phenoxy) is 1. The van der Waals surface area contributed by atoms with Gasteiger partial charge in [0.05, 0.1) is 12.5 Å². The molecule has 1 aromatic carbocycles. The lowest BCUT2D eigenvalue weighted by molar-refractivity contribution is -0.156. The van der Waals surface area contributed by atoms with E-state index in [0.717, 1.165) is 5.75 Å². The highest BCUT2D eigenvalue weighted by Crippen LogP contribution is 2.36. The van der Waals surface area contributed by atoms with Crippen molar-refractivity contribution >= 4 is 29.4 Å². The van der Waals surface area contributed by atoms with Crippen LogP contribution in [0.3, 0.4) is 0 Å². The number of hydrogen-bond donors (Lipinski definition) is 1. The van der Waals surface area contributed by atoms with E-state index >= 15 is 0 Å². The molecule has 3 rings (SSSR count). The van der Waals surface area contributed by atoms with E-state index in [1.54, 1.807) is 11.8 Å². The van der Waals surface area contributed by atoms with E-state index in [1.807, 2.05) is 30.3 Å². The maximum absolute atomic E-state index is 12.6. The zero-order chi connectivity index (χ0) is 17.9. The van der Waals surface area contributed by atoms with Crippen molar-refractivity contribution in [2.45, 2.75) is 30.2 Å². The number of piperidine rings is 1. The minimum atomic E-state index is -1.63. The molecule has 0 spiro atoms. The van der Waals surface area contributed by atoms with Gasteiger partial charge in [-0.05, 0) is 18.4 Å². The quantitative estimate of drug-likeness (QED) is 0.602. The van der Waals surface area contributed by atoms with E-state index in [0.29, 0.717) is 25.1 Å². The summed E-state index contributed by atoms with van der Waals surface area (Å²) in [7, 11) is 0. The Balaban J connectivity index is 1.62. The molecule has 2 atom stereocenters. The molecule has 0 saturated carbocycles. The summed E-state index contributed by atoms with van der Waals surface area (Å²) in [5.74, 6) is -0.251. The van der Waals surface area contributed by atoms with Crippen molar-refractivity contribution in [2.75, 3.05) is 18.9 Å². The first-order chi connectivity index (χ1) is 12.1. The number of carbonyl (C=O) groups excluding carboxylic acids is 3. The third-order valence-corrected chi connectivity index (χ3v) is 5.65. The van der Waals surface area contributed by atoms with Gasteiger partial charge in [0.25, 0.3) is 5.91 Å². The van der Waals surface area contributed by atoms with Gasteiger partial charge in [-0.15, -0.1) is 0 Å². The Morgan fingerprint density at radius 1 is 1.36 bits per heavy atom. The summed E-state index contributed by atoms with van der Waals surface area (Å²) < 4.78 is 5.43. The van der Waals surface area contributed by atoms with Crippen LogP contribution in [0, 0.1) is 6.42 Å². The number of likely N-dealkylation sites (tertiary alicyclic amines) is 1. The summed E-state index contributed by atoms with van der Waals surface area (Å²) >= 11 is 1.60. The minimum Gasteiger partial charge on any atom is -0.367 e. The molecule has 2 fully saturated rings. The average molecular weight is 361 g/mol. The smallest absolute Gasteiger partial charge is 0.254 e. The summed E-state index contributed by atoms with van der Waals surface area (Å²) in [6, 6.07) is 9.96. The number of primary amides is 1. The number of carbonyl (C=O) groups is 3.